The van der Waals surface area contributed by atoms with Gasteiger partial charge in [-0.3, -0.25) is 14.2 Å². The second-order valence-electron chi connectivity index (χ2n) is 5.45. The Hall–Kier alpha value is -2.47. The third kappa shape index (κ3) is 3.17. The van der Waals surface area contributed by atoms with E-state index in [2.05, 4.69) is 4.98 Å². The Kier molecular flexibility index (Phi) is 4.25. The van der Waals surface area contributed by atoms with E-state index in [1.807, 2.05) is 36.6 Å². The lowest BCUT2D eigenvalue weighted by atomic mass is 10.2. The Labute approximate surface area is 137 Å². The van der Waals surface area contributed by atoms with Gasteiger partial charge in [0.1, 0.15) is 6.54 Å². The molecule has 118 valence electrons. The molecule has 23 heavy (non-hydrogen) atoms. The van der Waals surface area contributed by atoms with Gasteiger partial charge in [-0.2, -0.15) is 0 Å². The highest BCUT2D eigenvalue weighted by atomic mass is 32.1. The van der Waals surface area contributed by atoms with E-state index in [4.69, 9.17) is 0 Å². The van der Waals surface area contributed by atoms with Crippen LogP contribution in [0.25, 0.3) is 11.0 Å². The third-order valence-corrected chi connectivity index (χ3v) is 4.83. The maximum Gasteiger partial charge on any atom is 0.269 e. The van der Waals surface area contributed by atoms with Crippen LogP contribution >= 0.6 is 11.3 Å². The van der Waals surface area contributed by atoms with Crippen molar-refractivity contribution in [2.45, 2.75) is 20.0 Å². The van der Waals surface area contributed by atoms with Crippen molar-refractivity contribution in [3.63, 3.8) is 0 Å². The molecule has 0 saturated carbocycles. The van der Waals surface area contributed by atoms with Gasteiger partial charge in [0.25, 0.3) is 5.56 Å². The monoisotopic (exact) mass is 327 g/mol. The summed E-state index contributed by atoms with van der Waals surface area (Å²) in [5, 5.41) is 2.02. The zero-order chi connectivity index (χ0) is 16.4. The number of amides is 1. The predicted octanol–water partition coefficient (Wildman–Crippen LogP) is 2.43. The molecule has 1 amide bonds. The highest BCUT2D eigenvalue weighted by Gasteiger charge is 2.14. The van der Waals surface area contributed by atoms with E-state index in [-0.39, 0.29) is 18.0 Å². The molecule has 6 heteroatoms. The Morgan fingerprint density at radius 2 is 2.09 bits per heavy atom. The van der Waals surface area contributed by atoms with Crippen molar-refractivity contribution in [1.29, 1.82) is 0 Å². The molecule has 1 aromatic carbocycles. The molecular formula is C17H17N3O2S. The van der Waals surface area contributed by atoms with E-state index in [0.717, 1.165) is 4.88 Å². The van der Waals surface area contributed by atoms with Crippen molar-refractivity contribution in [2.75, 3.05) is 7.05 Å². The van der Waals surface area contributed by atoms with Crippen LogP contribution in [0.4, 0.5) is 0 Å². The zero-order valence-corrected chi connectivity index (χ0v) is 13.8. The highest BCUT2D eigenvalue weighted by Crippen LogP contribution is 2.17. The normalized spacial score (nSPS) is 10.9. The molecule has 3 rings (SSSR count). The Morgan fingerprint density at radius 1 is 1.30 bits per heavy atom. The van der Waals surface area contributed by atoms with Crippen LogP contribution in [-0.2, 0) is 17.9 Å². The first-order valence-corrected chi connectivity index (χ1v) is 8.16. The van der Waals surface area contributed by atoms with Crippen LogP contribution in [0.15, 0.2) is 46.7 Å². The molecule has 0 aliphatic heterocycles. The molecule has 0 unspecified atom stereocenters. The summed E-state index contributed by atoms with van der Waals surface area (Å²) in [7, 11) is 1.76. The number of hydrogen-bond acceptors (Lipinski definition) is 4. The van der Waals surface area contributed by atoms with Crippen LogP contribution < -0.4 is 5.56 Å². The lowest BCUT2D eigenvalue weighted by Gasteiger charge is -2.18. The number of benzene rings is 1. The van der Waals surface area contributed by atoms with Gasteiger partial charge in [-0.25, -0.2) is 4.98 Å². The molecule has 0 spiro atoms. The number of aryl methyl sites for hydroxylation is 1. The lowest BCUT2D eigenvalue weighted by molar-refractivity contribution is -0.131. The molecule has 0 atom stereocenters. The Bertz CT molecular complexity index is 913. The van der Waals surface area contributed by atoms with E-state index >= 15 is 0 Å². The number of para-hydroxylation sites is 2. The summed E-state index contributed by atoms with van der Waals surface area (Å²) in [5.74, 6) is -0.101. The van der Waals surface area contributed by atoms with Gasteiger partial charge in [-0.05, 0) is 36.1 Å². The first-order chi connectivity index (χ1) is 11.1. The zero-order valence-electron chi connectivity index (χ0n) is 13.0. The molecule has 0 radical (unpaired) electrons. The first-order valence-electron chi connectivity index (χ1n) is 7.28. The van der Waals surface area contributed by atoms with E-state index in [9.17, 15) is 9.59 Å². The smallest absolute Gasteiger partial charge is 0.269 e. The van der Waals surface area contributed by atoms with Gasteiger partial charge in [0.05, 0.1) is 23.8 Å². The van der Waals surface area contributed by atoms with E-state index < -0.39 is 0 Å². The number of likely N-dealkylation sites (N-methyl/N-ethyl adjacent to an activating group) is 1. The second kappa shape index (κ2) is 6.34. The summed E-state index contributed by atoms with van der Waals surface area (Å²) < 4.78 is 1.47. The largest absolute Gasteiger partial charge is 0.339 e. The number of fused-ring (bicyclic) bond motifs is 1. The third-order valence-electron chi connectivity index (χ3n) is 3.82. The van der Waals surface area contributed by atoms with Gasteiger partial charge in [0.15, 0.2) is 0 Å². The number of rotatable bonds is 4. The van der Waals surface area contributed by atoms with Gasteiger partial charge in [0, 0.05) is 11.9 Å². The van der Waals surface area contributed by atoms with Gasteiger partial charge in [-0.1, -0.05) is 12.1 Å². The minimum Gasteiger partial charge on any atom is -0.339 e. The number of hydrogen-bond donors (Lipinski definition) is 0. The predicted molar refractivity (Wildman–Crippen MR) is 91.5 cm³/mol. The molecular weight excluding hydrogens is 310 g/mol. The fourth-order valence-corrected chi connectivity index (χ4v) is 3.36. The van der Waals surface area contributed by atoms with Crippen LogP contribution in [0.5, 0.6) is 0 Å². The SMILES string of the molecule is Cc1ccsc1CN(C)C(=O)Cn1c(=O)cnc2ccccc21. The lowest BCUT2D eigenvalue weighted by Crippen LogP contribution is -2.33. The molecule has 5 nitrogen and oxygen atoms in total. The number of carbonyl (C=O) groups excluding carboxylic acids is 1. The summed E-state index contributed by atoms with van der Waals surface area (Å²) in [6, 6.07) is 9.37. The summed E-state index contributed by atoms with van der Waals surface area (Å²) in [6.07, 6.45) is 1.26. The molecule has 2 heterocycles. The van der Waals surface area contributed by atoms with Crippen LogP contribution in [0, 0.1) is 6.92 Å². The van der Waals surface area contributed by atoms with Crippen LogP contribution in [0.3, 0.4) is 0 Å². The Balaban J connectivity index is 1.84. The van der Waals surface area contributed by atoms with Crippen molar-refractivity contribution < 1.29 is 4.79 Å². The minimum absolute atomic E-state index is 0.0167. The maximum absolute atomic E-state index is 12.5. The van der Waals surface area contributed by atoms with Gasteiger partial charge in [-0.15, -0.1) is 11.3 Å². The maximum atomic E-state index is 12.5. The minimum atomic E-state index is -0.266. The van der Waals surface area contributed by atoms with Gasteiger partial charge >= 0.3 is 0 Å². The molecule has 0 bridgehead atoms. The van der Waals surface area contributed by atoms with Crippen LogP contribution in [0.1, 0.15) is 10.4 Å². The quantitative estimate of drug-likeness (QED) is 0.739. The summed E-state index contributed by atoms with van der Waals surface area (Å²) in [6.45, 7) is 2.61. The standard InChI is InChI=1S/C17H17N3O2S/c1-12-7-8-23-15(12)10-19(2)17(22)11-20-14-6-4-3-5-13(14)18-9-16(20)21/h3-9H,10-11H2,1-2H3. The van der Waals surface area contributed by atoms with E-state index in [1.54, 1.807) is 29.4 Å². The van der Waals surface area contributed by atoms with Gasteiger partial charge < -0.3 is 4.90 Å². The van der Waals surface area contributed by atoms with Crippen LogP contribution in [-0.4, -0.2) is 27.4 Å². The molecule has 0 aliphatic rings. The number of nitrogens with zero attached hydrogens (tertiary/aromatic N) is 3. The van der Waals surface area contributed by atoms with Crippen molar-refractivity contribution in [3.8, 4) is 0 Å². The molecule has 2 aromatic heterocycles. The van der Waals surface area contributed by atoms with Gasteiger partial charge in [0.2, 0.25) is 5.91 Å². The van der Waals surface area contributed by atoms with E-state index in [0.29, 0.717) is 17.6 Å². The number of thiophene rings is 1. The average molecular weight is 327 g/mol. The fourth-order valence-electron chi connectivity index (χ4n) is 2.40. The highest BCUT2D eigenvalue weighted by molar-refractivity contribution is 7.10. The fraction of sp³-hybridized carbons (Fsp3) is 0.235. The molecule has 3 aromatic rings. The summed E-state index contributed by atoms with van der Waals surface area (Å²) in [5.41, 5.74) is 2.30. The van der Waals surface area contributed by atoms with Crippen molar-refractivity contribution in [2.24, 2.45) is 0 Å². The summed E-state index contributed by atoms with van der Waals surface area (Å²) in [4.78, 5) is 31.5. The molecule has 0 N–H and O–H groups in total. The number of aromatic nitrogens is 2. The summed E-state index contributed by atoms with van der Waals surface area (Å²) >= 11 is 1.63. The van der Waals surface area contributed by atoms with Crippen molar-refractivity contribution in [3.05, 3.63) is 62.7 Å². The van der Waals surface area contributed by atoms with Crippen molar-refractivity contribution in [1.82, 2.24) is 14.5 Å². The number of carbonyl (C=O) groups is 1. The van der Waals surface area contributed by atoms with Crippen molar-refractivity contribution >= 4 is 28.3 Å². The molecule has 0 aliphatic carbocycles. The van der Waals surface area contributed by atoms with Crippen LogP contribution in [0.2, 0.25) is 0 Å². The average Bonchev–Trinajstić information content (AvgIpc) is 2.95. The first kappa shape index (κ1) is 15.4. The Morgan fingerprint density at radius 3 is 2.83 bits per heavy atom. The van der Waals surface area contributed by atoms with E-state index in [1.165, 1.54) is 16.3 Å². The second-order valence-corrected chi connectivity index (χ2v) is 6.45. The topological polar surface area (TPSA) is 55.2 Å². The molecule has 0 fully saturated rings. The molecule has 0 saturated heterocycles.